The molecule has 4 N–H and O–H groups in total. The van der Waals surface area contributed by atoms with Gasteiger partial charge in [-0.05, 0) is 24.3 Å². The molecule has 22 heavy (non-hydrogen) atoms. The number of nitrogens with one attached hydrogen (secondary N) is 2. The average Bonchev–Trinajstić information content (AvgIpc) is 2.57. The van der Waals surface area contributed by atoms with E-state index in [2.05, 4.69) is 20.9 Å². The Labute approximate surface area is 129 Å². The Hall–Kier alpha value is -2.44. The Morgan fingerprint density at radius 3 is 2.23 bits per heavy atom. The van der Waals surface area contributed by atoms with Gasteiger partial charge in [-0.3, -0.25) is 0 Å². The molecule has 0 amide bonds. The van der Waals surface area contributed by atoms with E-state index >= 15 is 0 Å². The fourth-order valence-corrected chi connectivity index (χ4v) is 1.93. The summed E-state index contributed by atoms with van der Waals surface area (Å²) in [4.78, 5) is 0. The second-order valence-corrected chi connectivity index (χ2v) is 4.54. The molecular formula is C16H20N4O2. The van der Waals surface area contributed by atoms with E-state index in [0.29, 0.717) is 18.8 Å². The van der Waals surface area contributed by atoms with Crippen LogP contribution in [-0.2, 0) is 0 Å². The summed E-state index contributed by atoms with van der Waals surface area (Å²) in [5, 5.41) is 32.7. The zero-order valence-corrected chi connectivity index (χ0v) is 12.2. The minimum absolute atomic E-state index is 0.0175. The Balaban J connectivity index is 2.26. The minimum atomic E-state index is 0.0175. The third-order valence-electron chi connectivity index (χ3n) is 2.91. The Bertz CT molecular complexity index is 602. The lowest BCUT2D eigenvalue weighted by atomic mass is 10.2. The zero-order valence-electron chi connectivity index (χ0n) is 12.2. The minimum Gasteiger partial charge on any atom is -0.395 e. The fourth-order valence-electron chi connectivity index (χ4n) is 1.93. The molecule has 0 bridgehead atoms. The highest BCUT2D eigenvalue weighted by Gasteiger charge is 2.07. The van der Waals surface area contributed by atoms with Crippen LogP contribution in [0.15, 0.2) is 58.8 Å². The molecule has 0 spiro atoms. The van der Waals surface area contributed by atoms with Crippen molar-refractivity contribution in [1.29, 1.82) is 0 Å². The molecule has 0 fully saturated rings. The molecule has 0 unspecified atom stereocenters. The van der Waals surface area contributed by atoms with E-state index in [4.69, 9.17) is 10.2 Å². The molecular weight excluding hydrogens is 280 g/mol. The van der Waals surface area contributed by atoms with Gasteiger partial charge in [0.15, 0.2) is 0 Å². The summed E-state index contributed by atoms with van der Waals surface area (Å²) >= 11 is 0. The van der Waals surface area contributed by atoms with Gasteiger partial charge in [0.2, 0.25) is 0 Å². The van der Waals surface area contributed by atoms with Crippen LogP contribution in [0.5, 0.6) is 0 Å². The van der Waals surface area contributed by atoms with Crippen LogP contribution >= 0.6 is 0 Å². The van der Waals surface area contributed by atoms with Crippen LogP contribution in [0.1, 0.15) is 0 Å². The van der Waals surface area contributed by atoms with Crippen LogP contribution < -0.4 is 10.6 Å². The van der Waals surface area contributed by atoms with Gasteiger partial charge in [-0.25, -0.2) is 0 Å². The number of benzene rings is 2. The van der Waals surface area contributed by atoms with E-state index in [9.17, 15) is 0 Å². The van der Waals surface area contributed by atoms with Crippen molar-refractivity contribution in [3.05, 3.63) is 48.5 Å². The molecule has 0 aliphatic heterocycles. The van der Waals surface area contributed by atoms with E-state index in [0.717, 1.165) is 17.1 Å². The lowest BCUT2D eigenvalue weighted by molar-refractivity contribution is 0.310. The molecule has 0 aliphatic carbocycles. The summed E-state index contributed by atoms with van der Waals surface area (Å²) in [7, 11) is 0. The first-order valence-corrected chi connectivity index (χ1v) is 7.14. The molecule has 6 nitrogen and oxygen atoms in total. The van der Waals surface area contributed by atoms with Gasteiger partial charge in [0, 0.05) is 13.1 Å². The number of aliphatic hydroxyl groups excluding tert-OH is 2. The van der Waals surface area contributed by atoms with Crippen molar-refractivity contribution in [2.24, 2.45) is 10.2 Å². The Morgan fingerprint density at radius 1 is 0.773 bits per heavy atom. The molecule has 116 valence electrons. The number of aliphatic hydroxyl groups is 2. The molecule has 0 saturated heterocycles. The van der Waals surface area contributed by atoms with Gasteiger partial charge >= 0.3 is 0 Å². The number of rotatable bonds is 8. The van der Waals surface area contributed by atoms with Gasteiger partial charge in [-0.1, -0.05) is 24.3 Å². The van der Waals surface area contributed by atoms with Crippen LogP contribution in [0.3, 0.4) is 0 Å². The summed E-state index contributed by atoms with van der Waals surface area (Å²) in [5.74, 6) is 0. The summed E-state index contributed by atoms with van der Waals surface area (Å²) in [6.07, 6.45) is 0. The lowest BCUT2D eigenvalue weighted by Crippen LogP contribution is -2.11. The highest BCUT2D eigenvalue weighted by atomic mass is 16.3. The Kier molecular flexibility index (Phi) is 6.35. The van der Waals surface area contributed by atoms with Gasteiger partial charge in [-0.15, -0.1) is 5.11 Å². The van der Waals surface area contributed by atoms with Crippen LogP contribution in [-0.4, -0.2) is 36.5 Å². The molecule has 6 heteroatoms. The van der Waals surface area contributed by atoms with Crippen molar-refractivity contribution in [2.75, 3.05) is 36.9 Å². The van der Waals surface area contributed by atoms with E-state index in [1.807, 2.05) is 48.5 Å². The van der Waals surface area contributed by atoms with Crippen molar-refractivity contribution in [1.82, 2.24) is 0 Å². The molecule has 2 aromatic carbocycles. The lowest BCUT2D eigenvalue weighted by Gasteiger charge is -2.14. The van der Waals surface area contributed by atoms with Gasteiger partial charge in [0.25, 0.3) is 0 Å². The number of para-hydroxylation sites is 1. The predicted molar refractivity (Wildman–Crippen MR) is 88.2 cm³/mol. The predicted octanol–water partition coefficient (Wildman–Crippen LogP) is 2.91. The van der Waals surface area contributed by atoms with Crippen LogP contribution in [0, 0.1) is 0 Å². The van der Waals surface area contributed by atoms with Crippen molar-refractivity contribution < 1.29 is 10.2 Å². The summed E-state index contributed by atoms with van der Waals surface area (Å²) in [5.41, 5.74) is 3.00. The standard InChI is InChI=1S/C16H20N4O2/c21-11-9-17-14-7-4-8-15(16(14)18-10-12-22)20-19-13-5-2-1-3-6-13/h1-8,17-18,21-22H,9-12H2. The monoisotopic (exact) mass is 300 g/mol. The zero-order chi connectivity index (χ0) is 15.6. The van der Waals surface area contributed by atoms with Crippen molar-refractivity contribution >= 4 is 22.7 Å². The van der Waals surface area contributed by atoms with Gasteiger partial charge in [0.1, 0.15) is 5.69 Å². The van der Waals surface area contributed by atoms with Gasteiger partial charge in [0.05, 0.1) is 30.3 Å². The Morgan fingerprint density at radius 2 is 1.50 bits per heavy atom. The van der Waals surface area contributed by atoms with E-state index in [1.165, 1.54) is 0 Å². The highest BCUT2D eigenvalue weighted by Crippen LogP contribution is 2.33. The number of hydrogen-bond acceptors (Lipinski definition) is 6. The maximum absolute atomic E-state index is 9.02. The van der Waals surface area contributed by atoms with Crippen LogP contribution in [0.2, 0.25) is 0 Å². The molecule has 0 saturated carbocycles. The second kappa shape index (κ2) is 8.76. The molecule has 0 aliphatic rings. The first-order valence-electron chi connectivity index (χ1n) is 7.14. The van der Waals surface area contributed by atoms with E-state index < -0.39 is 0 Å². The smallest absolute Gasteiger partial charge is 0.111 e. The number of nitrogens with zero attached hydrogens (tertiary/aromatic N) is 2. The summed E-state index contributed by atoms with van der Waals surface area (Å²) in [6, 6.07) is 15.1. The third kappa shape index (κ3) is 4.54. The first-order chi connectivity index (χ1) is 10.8. The SMILES string of the molecule is OCCNc1cccc(N=Nc2ccccc2)c1NCCO. The molecule has 0 aromatic heterocycles. The molecule has 2 aromatic rings. The summed E-state index contributed by atoms with van der Waals surface area (Å²) < 4.78 is 0. The molecule has 0 atom stereocenters. The third-order valence-corrected chi connectivity index (χ3v) is 2.91. The number of anilines is 2. The second-order valence-electron chi connectivity index (χ2n) is 4.54. The highest BCUT2D eigenvalue weighted by molar-refractivity contribution is 5.80. The largest absolute Gasteiger partial charge is 0.395 e. The maximum atomic E-state index is 9.02. The number of hydrogen-bond donors (Lipinski definition) is 4. The topological polar surface area (TPSA) is 89.2 Å². The molecule has 0 heterocycles. The quantitative estimate of drug-likeness (QED) is 0.564. The van der Waals surface area contributed by atoms with Crippen molar-refractivity contribution in [3.8, 4) is 0 Å². The van der Waals surface area contributed by atoms with Gasteiger partial charge in [-0.2, -0.15) is 5.11 Å². The van der Waals surface area contributed by atoms with Crippen LogP contribution in [0.4, 0.5) is 22.7 Å². The van der Waals surface area contributed by atoms with Crippen molar-refractivity contribution in [2.45, 2.75) is 0 Å². The van der Waals surface area contributed by atoms with Gasteiger partial charge < -0.3 is 20.8 Å². The normalized spacial score (nSPS) is 10.8. The molecule has 2 rings (SSSR count). The van der Waals surface area contributed by atoms with E-state index in [1.54, 1.807) is 0 Å². The van der Waals surface area contributed by atoms with Crippen molar-refractivity contribution in [3.63, 3.8) is 0 Å². The average molecular weight is 300 g/mol. The number of azo groups is 1. The molecule has 0 radical (unpaired) electrons. The first kappa shape index (κ1) is 15.9. The van der Waals surface area contributed by atoms with E-state index in [-0.39, 0.29) is 13.2 Å². The maximum Gasteiger partial charge on any atom is 0.111 e. The summed E-state index contributed by atoms with van der Waals surface area (Å²) in [6.45, 7) is 0.900. The van der Waals surface area contributed by atoms with Crippen LogP contribution in [0.25, 0.3) is 0 Å². The fraction of sp³-hybridized carbons (Fsp3) is 0.250.